The Hall–Kier alpha value is -1.89. The number of β-amino-alcohol motifs (C(OH)–C–C–N with tert-alkyl or cyclic N) is 1. The second kappa shape index (κ2) is 7.79. The number of nitrogens with zero attached hydrogens (tertiary/aromatic N) is 3. The lowest BCUT2D eigenvalue weighted by atomic mass is 10.1. The van der Waals surface area contributed by atoms with Crippen LogP contribution in [0.1, 0.15) is 17.5 Å². The molecule has 1 saturated heterocycles. The maximum atomic E-state index is 9.69. The van der Waals surface area contributed by atoms with Crippen LogP contribution in [-0.4, -0.2) is 46.2 Å². The molecule has 0 aliphatic carbocycles. The first-order valence-electron chi connectivity index (χ1n) is 8.06. The predicted molar refractivity (Wildman–Crippen MR) is 96.3 cm³/mol. The number of nitrogens with one attached hydrogen (secondary N) is 2. The van der Waals surface area contributed by atoms with Crippen molar-refractivity contribution in [2.45, 2.75) is 25.6 Å². The number of hydrogen-bond acceptors (Lipinski definition) is 6. The summed E-state index contributed by atoms with van der Waals surface area (Å²) in [7, 11) is 1.79. The van der Waals surface area contributed by atoms with Crippen LogP contribution in [-0.2, 0) is 13.1 Å². The summed E-state index contributed by atoms with van der Waals surface area (Å²) in [5.74, 6) is 0.684. The molecule has 24 heavy (non-hydrogen) atoms. The average molecular weight is 348 g/mol. The minimum absolute atomic E-state index is 0.198. The third-order valence-corrected chi connectivity index (χ3v) is 4.54. The predicted octanol–water partition coefficient (Wildman–Crippen LogP) is 2.35. The second-order valence-electron chi connectivity index (χ2n) is 5.94. The molecular formula is C17H22ClN5O. The van der Waals surface area contributed by atoms with E-state index in [0.29, 0.717) is 23.2 Å². The lowest BCUT2D eigenvalue weighted by Gasteiger charge is -2.18. The van der Waals surface area contributed by atoms with Crippen molar-refractivity contribution in [2.75, 3.05) is 30.8 Å². The van der Waals surface area contributed by atoms with Gasteiger partial charge in [0, 0.05) is 33.2 Å². The topological polar surface area (TPSA) is 73.3 Å². The number of rotatable bonds is 6. The lowest BCUT2D eigenvalue weighted by molar-refractivity contribution is 0.174. The van der Waals surface area contributed by atoms with Crippen LogP contribution >= 0.6 is 11.6 Å². The van der Waals surface area contributed by atoms with Gasteiger partial charge in [-0.05, 0) is 17.5 Å². The fourth-order valence-corrected chi connectivity index (χ4v) is 3.21. The Bertz CT molecular complexity index is 696. The van der Waals surface area contributed by atoms with Gasteiger partial charge in [0.25, 0.3) is 0 Å². The maximum absolute atomic E-state index is 9.69. The van der Waals surface area contributed by atoms with Crippen molar-refractivity contribution < 1.29 is 5.11 Å². The fourth-order valence-electron chi connectivity index (χ4n) is 2.98. The molecule has 0 radical (unpaired) electrons. The van der Waals surface area contributed by atoms with Gasteiger partial charge in [-0.25, -0.2) is 9.97 Å². The number of anilines is 2. The van der Waals surface area contributed by atoms with Gasteiger partial charge in [0.1, 0.15) is 12.0 Å². The summed E-state index contributed by atoms with van der Waals surface area (Å²) in [6.45, 7) is 3.18. The molecular weight excluding hydrogens is 326 g/mol. The second-order valence-corrected chi connectivity index (χ2v) is 6.30. The highest BCUT2D eigenvalue weighted by molar-refractivity contribution is 6.32. The summed E-state index contributed by atoms with van der Waals surface area (Å²) in [5.41, 5.74) is 3.15. The SMILES string of the molecule is CNc1c(Cl)ncnc1NCc1ccccc1CN1CCC(O)C1. The molecule has 1 atom stereocenters. The molecule has 1 aliphatic heterocycles. The highest BCUT2D eigenvalue weighted by atomic mass is 35.5. The van der Waals surface area contributed by atoms with Crippen molar-refractivity contribution in [3.05, 3.63) is 46.9 Å². The molecule has 2 aromatic rings. The molecule has 7 heteroatoms. The first-order valence-corrected chi connectivity index (χ1v) is 8.44. The van der Waals surface area contributed by atoms with E-state index in [2.05, 4.69) is 37.6 Å². The van der Waals surface area contributed by atoms with E-state index in [1.807, 2.05) is 12.1 Å². The molecule has 3 N–H and O–H groups in total. The number of benzene rings is 1. The quantitative estimate of drug-likeness (QED) is 0.697. The van der Waals surface area contributed by atoms with Crippen LogP contribution in [0.15, 0.2) is 30.6 Å². The van der Waals surface area contributed by atoms with Gasteiger partial charge in [0.05, 0.1) is 6.10 Å². The van der Waals surface area contributed by atoms with Crippen LogP contribution in [0.2, 0.25) is 5.15 Å². The van der Waals surface area contributed by atoms with Gasteiger partial charge >= 0.3 is 0 Å². The van der Waals surface area contributed by atoms with Gasteiger partial charge in [0.15, 0.2) is 11.0 Å². The molecule has 1 aliphatic rings. The van der Waals surface area contributed by atoms with Gasteiger partial charge in [0.2, 0.25) is 0 Å². The zero-order valence-corrected chi connectivity index (χ0v) is 14.4. The number of likely N-dealkylation sites (tertiary alicyclic amines) is 1. The van der Waals surface area contributed by atoms with Crippen molar-refractivity contribution in [3.8, 4) is 0 Å². The zero-order chi connectivity index (χ0) is 16.9. The summed E-state index contributed by atoms with van der Waals surface area (Å²) in [5, 5.41) is 16.4. The first kappa shape index (κ1) is 17.0. The third-order valence-electron chi connectivity index (χ3n) is 4.26. The highest BCUT2D eigenvalue weighted by Crippen LogP contribution is 2.26. The van der Waals surface area contributed by atoms with Crippen molar-refractivity contribution in [1.82, 2.24) is 14.9 Å². The summed E-state index contributed by atoms with van der Waals surface area (Å²) < 4.78 is 0. The third kappa shape index (κ3) is 3.95. The number of aromatic nitrogens is 2. The van der Waals surface area contributed by atoms with Gasteiger partial charge in [-0.2, -0.15) is 0 Å². The molecule has 1 fully saturated rings. The van der Waals surface area contributed by atoms with Gasteiger partial charge in [-0.1, -0.05) is 35.9 Å². The van der Waals surface area contributed by atoms with Crippen molar-refractivity contribution in [1.29, 1.82) is 0 Å². The molecule has 6 nitrogen and oxygen atoms in total. The minimum atomic E-state index is -0.198. The molecule has 3 rings (SSSR count). The molecule has 0 bridgehead atoms. The Morgan fingerprint density at radius 2 is 2.08 bits per heavy atom. The lowest BCUT2D eigenvalue weighted by Crippen LogP contribution is -2.22. The molecule has 0 amide bonds. The van der Waals surface area contributed by atoms with Gasteiger partial charge < -0.3 is 15.7 Å². The highest BCUT2D eigenvalue weighted by Gasteiger charge is 2.20. The fraction of sp³-hybridized carbons (Fsp3) is 0.412. The number of aliphatic hydroxyl groups excluding tert-OH is 1. The first-order chi connectivity index (χ1) is 11.7. The number of aliphatic hydroxyl groups is 1. The Morgan fingerprint density at radius 3 is 2.79 bits per heavy atom. The van der Waals surface area contributed by atoms with Crippen LogP contribution in [0, 0.1) is 0 Å². The van der Waals surface area contributed by atoms with E-state index in [1.165, 1.54) is 17.5 Å². The van der Waals surface area contributed by atoms with E-state index < -0.39 is 0 Å². The summed E-state index contributed by atoms with van der Waals surface area (Å²) >= 11 is 6.09. The van der Waals surface area contributed by atoms with Crippen molar-refractivity contribution in [3.63, 3.8) is 0 Å². The molecule has 1 aromatic carbocycles. The largest absolute Gasteiger partial charge is 0.392 e. The van der Waals surface area contributed by atoms with Crippen molar-refractivity contribution in [2.24, 2.45) is 0 Å². The van der Waals surface area contributed by atoms with Crippen LogP contribution in [0.25, 0.3) is 0 Å². The smallest absolute Gasteiger partial charge is 0.157 e. The van der Waals surface area contributed by atoms with E-state index in [9.17, 15) is 5.11 Å². The summed E-state index contributed by atoms with van der Waals surface area (Å²) in [4.78, 5) is 10.5. The Morgan fingerprint density at radius 1 is 1.29 bits per heavy atom. The normalized spacial score (nSPS) is 17.9. The Kier molecular flexibility index (Phi) is 5.50. The van der Waals surface area contributed by atoms with Crippen LogP contribution in [0.5, 0.6) is 0 Å². The van der Waals surface area contributed by atoms with E-state index in [1.54, 1.807) is 7.05 Å². The van der Waals surface area contributed by atoms with Crippen LogP contribution in [0.3, 0.4) is 0 Å². The molecule has 128 valence electrons. The molecule has 0 spiro atoms. The van der Waals surface area contributed by atoms with E-state index in [-0.39, 0.29) is 6.10 Å². The summed E-state index contributed by atoms with van der Waals surface area (Å²) in [6.07, 6.45) is 2.10. The maximum Gasteiger partial charge on any atom is 0.157 e. The van der Waals surface area contributed by atoms with E-state index >= 15 is 0 Å². The molecule has 2 heterocycles. The van der Waals surface area contributed by atoms with Gasteiger partial charge in [-0.3, -0.25) is 4.90 Å². The number of halogens is 1. The molecule has 1 aromatic heterocycles. The Balaban J connectivity index is 1.71. The van der Waals surface area contributed by atoms with Crippen molar-refractivity contribution >= 4 is 23.1 Å². The van der Waals surface area contributed by atoms with Crippen LogP contribution in [0.4, 0.5) is 11.5 Å². The summed E-state index contributed by atoms with van der Waals surface area (Å²) in [6, 6.07) is 8.32. The minimum Gasteiger partial charge on any atom is -0.392 e. The standard InChI is InChI=1S/C17H22ClN5O/c1-19-15-16(18)21-11-22-17(15)20-8-12-4-2-3-5-13(12)9-23-7-6-14(24)10-23/h2-5,11,14,19,24H,6-10H2,1H3,(H,20,21,22). The average Bonchev–Trinajstić information content (AvgIpc) is 2.99. The monoisotopic (exact) mass is 347 g/mol. The number of hydrogen-bond donors (Lipinski definition) is 3. The van der Waals surface area contributed by atoms with Crippen LogP contribution < -0.4 is 10.6 Å². The van der Waals surface area contributed by atoms with E-state index in [0.717, 1.165) is 26.1 Å². The Labute approximate surface area is 146 Å². The van der Waals surface area contributed by atoms with E-state index in [4.69, 9.17) is 11.6 Å². The molecule has 1 unspecified atom stereocenters. The molecule has 0 saturated carbocycles. The van der Waals surface area contributed by atoms with Gasteiger partial charge in [-0.15, -0.1) is 0 Å². The zero-order valence-electron chi connectivity index (χ0n) is 13.7.